The van der Waals surface area contributed by atoms with Crippen molar-refractivity contribution in [1.29, 1.82) is 0 Å². The molecule has 5 rings (SSSR count). The highest BCUT2D eigenvalue weighted by Gasteiger charge is 2.63. The van der Waals surface area contributed by atoms with Gasteiger partial charge in [-0.15, -0.1) is 0 Å². The Balaban J connectivity index is 1.42. The molecule has 230 valence electrons. The lowest BCUT2D eigenvalue weighted by Crippen LogP contribution is -2.60. The van der Waals surface area contributed by atoms with Crippen molar-refractivity contribution in [3.63, 3.8) is 0 Å². The fourth-order valence-corrected chi connectivity index (χ4v) is 5.94. The van der Waals surface area contributed by atoms with Crippen molar-refractivity contribution in [2.45, 2.75) is 55.4 Å². The van der Waals surface area contributed by atoms with Crippen LogP contribution < -0.4 is 18.9 Å². The van der Waals surface area contributed by atoms with E-state index in [0.717, 1.165) is 5.56 Å². The van der Waals surface area contributed by atoms with E-state index in [-0.39, 0.29) is 30.6 Å². The van der Waals surface area contributed by atoms with Crippen LogP contribution in [0.1, 0.15) is 30.3 Å². The van der Waals surface area contributed by atoms with Crippen LogP contribution in [0, 0.1) is 5.92 Å². The van der Waals surface area contributed by atoms with E-state index in [0.29, 0.717) is 17.1 Å². The van der Waals surface area contributed by atoms with E-state index in [4.69, 9.17) is 37.9 Å². The zero-order chi connectivity index (χ0) is 30.2. The van der Waals surface area contributed by atoms with E-state index in [2.05, 4.69) is 0 Å². The Labute approximate surface area is 242 Å². The average Bonchev–Trinajstić information content (AvgIpc) is 3.53. The van der Waals surface area contributed by atoms with Crippen LogP contribution in [-0.4, -0.2) is 104 Å². The van der Waals surface area contributed by atoms with Crippen LogP contribution >= 0.6 is 0 Å². The molecule has 3 saturated heterocycles. The predicted molar refractivity (Wildman–Crippen MR) is 142 cm³/mol. The summed E-state index contributed by atoms with van der Waals surface area (Å²) in [4.78, 5) is 12.4. The predicted octanol–water partition coefficient (Wildman–Crippen LogP) is 0.652. The second-order valence-electron chi connectivity index (χ2n) is 10.4. The molecule has 9 atom stereocenters. The lowest BCUT2D eigenvalue weighted by Gasteiger charge is -2.39. The first kappa shape index (κ1) is 30.3. The van der Waals surface area contributed by atoms with Crippen molar-refractivity contribution in [3.8, 4) is 23.0 Å². The second-order valence-corrected chi connectivity index (χ2v) is 10.4. The third kappa shape index (κ3) is 5.26. The average molecular weight is 593 g/mol. The molecule has 0 bridgehead atoms. The maximum atomic E-state index is 12.4. The molecule has 0 spiro atoms. The standard InChI is InChI=1S/C29H36O13/c1-14(31)42-29-13-39-26(15-5-7-18(35-2)20(9-15)36-3)17(29)12-38-27(29)16-6-8-19(21(10-16)37-4)40-28-25(34)24(33)23(32)22(11-30)41-28/h5-10,17,22-28,30,32-34H,11-13H2,1-4H3. The quantitative estimate of drug-likeness (QED) is 0.300. The molecule has 2 aromatic carbocycles. The minimum absolute atomic E-state index is 0.0758. The summed E-state index contributed by atoms with van der Waals surface area (Å²) >= 11 is 0. The lowest BCUT2D eigenvalue weighted by atomic mass is 9.80. The lowest BCUT2D eigenvalue weighted by molar-refractivity contribution is -0.277. The molecule has 3 heterocycles. The molecule has 3 fully saturated rings. The minimum atomic E-state index is -1.60. The monoisotopic (exact) mass is 592 g/mol. The van der Waals surface area contributed by atoms with Gasteiger partial charge in [-0.3, -0.25) is 4.79 Å². The minimum Gasteiger partial charge on any atom is -0.493 e. The number of methoxy groups -OCH3 is 3. The van der Waals surface area contributed by atoms with Crippen molar-refractivity contribution in [2.75, 3.05) is 41.2 Å². The van der Waals surface area contributed by atoms with E-state index in [1.807, 2.05) is 12.1 Å². The topological polar surface area (TPSA) is 172 Å². The van der Waals surface area contributed by atoms with Crippen LogP contribution in [0.5, 0.6) is 23.0 Å². The highest BCUT2D eigenvalue weighted by Crippen LogP contribution is 2.56. The number of rotatable bonds is 9. The summed E-state index contributed by atoms with van der Waals surface area (Å²) in [7, 11) is 4.53. The Bertz CT molecular complexity index is 1270. The molecule has 42 heavy (non-hydrogen) atoms. The van der Waals surface area contributed by atoms with Gasteiger partial charge in [-0.1, -0.05) is 12.1 Å². The van der Waals surface area contributed by atoms with Gasteiger partial charge < -0.3 is 58.3 Å². The molecule has 0 aliphatic carbocycles. The Morgan fingerprint density at radius 1 is 0.881 bits per heavy atom. The molecule has 0 radical (unpaired) electrons. The Morgan fingerprint density at radius 3 is 2.19 bits per heavy atom. The van der Waals surface area contributed by atoms with Gasteiger partial charge in [-0.2, -0.15) is 0 Å². The number of carbonyl (C=O) groups is 1. The van der Waals surface area contributed by atoms with Crippen LogP contribution in [0.15, 0.2) is 36.4 Å². The molecule has 13 heteroatoms. The van der Waals surface area contributed by atoms with Gasteiger partial charge in [0.15, 0.2) is 28.6 Å². The van der Waals surface area contributed by atoms with Crippen molar-refractivity contribution in [1.82, 2.24) is 0 Å². The van der Waals surface area contributed by atoms with E-state index >= 15 is 0 Å². The summed E-state index contributed by atoms with van der Waals surface area (Å²) in [6, 6.07) is 10.4. The largest absolute Gasteiger partial charge is 0.493 e. The van der Waals surface area contributed by atoms with Gasteiger partial charge in [0.25, 0.3) is 0 Å². The molecule has 2 aromatic rings. The first-order chi connectivity index (χ1) is 20.2. The summed E-state index contributed by atoms with van der Waals surface area (Å²) in [6.45, 7) is 1.06. The van der Waals surface area contributed by atoms with Crippen molar-refractivity contribution in [3.05, 3.63) is 47.5 Å². The molecule has 0 aromatic heterocycles. The van der Waals surface area contributed by atoms with E-state index < -0.39 is 61.1 Å². The summed E-state index contributed by atoms with van der Waals surface area (Å²) < 4.78 is 46.1. The van der Waals surface area contributed by atoms with Gasteiger partial charge in [-0.25, -0.2) is 0 Å². The van der Waals surface area contributed by atoms with Gasteiger partial charge in [0.05, 0.1) is 53.2 Å². The number of hydrogen-bond donors (Lipinski definition) is 4. The number of benzene rings is 2. The maximum absolute atomic E-state index is 12.4. The number of aliphatic hydroxyl groups excluding tert-OH is 4. The van der Waals surface area contributed by atoms with Crippen LogP contribution in [0.2, 0.25) is 0 Å². The van der Waals surface area contributed by atoms with E-state index in [9.17, 15) is 25.2 Å². The number of hydrogen-bond acceptors (Lipinski definition) is 13. The summed E-state index contributed by atoms with van der Waals surface area (Å²) in [6.07, 6.45) is -8.41. The molecule has 4 N–H and O–H groups in total. The van der Waals surface area contributed by atoms with Crippen LogP contribution in [0.4, 0.5) is 0 Å². The smallest absolute Gasteiger partial charge is 0.303 e. The first-order valence-corrected chi connectivity index (χ1v) is 13.5. The SMILES string of the molecule is COc1ccc(C2OCC3(OC(C)=O)C(c4ccc(OC5OC(CO)C(O)C(O)C5O)c(OC)c4)OCC23)cc1OC. The number of carbonyl (C=O) groups excluding carboxylic acids is 1. The third-order valence-corrected chi connectivity index (χ3v) is 8.02. The van der Waals surface area contributed by atoms with Crippen LogP contribution in [-0.2, 0) is 23.7 Å². The molecule has 3 aliphatic heterocycles. The van der Waals surface area contributed by atoms with Gasteiger partial charge in [0.1, 0.15) is 30.5 Å². The zero-order valence-corrected chi connectivity index (χ0v) is 23.7. The zero-order valence-electron chi connectivity index (χ0n) is 23.7. The van der Waals surface area contributed by atoms with E-state index in [1.54, 1.807) is 38.5 Å². The molecule has 0 saturated carbocycles. The van der Waals surface area contributed by atoms with Crippen LogP contribution in [0.3, 0.4) is 0 Å². The molecule has 13 nitrogen and oxygen atoms in total. The Morgan fingerprint density at radius 2 is 1.52 bits per heavy atom. The Kier molecular flexibility index (Phi) is 8.81. The highest BCUT2D eigenvalue weighted by molar-refractivity contribution is 5.67. The van der Waals surface area contributed by atoms with Crippen molar-refractivity contribution < 1.29 is 63.1 Å². The fraction of sp³-hybridized carbons (Fsp3) is 0.552. The summed E-state index contributed by atoms with van der Waals surface area (Å²) in [5, 5.41) is 40.1. The fourth-order valence-electron chi connectivity index (χ4n) is 5.94. The summed E-state index contributed by atoms with van der Waals surface area (Å²) in [5.74, 6) is 0.683. The van der Waals surface area contributed by atoms with Gasteiger partial charge in [0, 0.05) is 6.92 Å². The molecule has 3 aliphatic rings. The number of ether oxygens (including phenoxy) is 8. The number of fused-ring (bicyclic) bond motifs is 1. The molecular weight excluding hydrogens is 556 g/mol. The molecule has 9 unspecified atom stereocenters. The molecule has 0 amide bonds. The maximum Gasteiger partial charge on any atom is 0.303 e. The Hall–Kier alpha value is -3.17. The van der Waals surface area contributed by atoms with E-state index in [1.165, 1.54) is 14.0 Å². The van der Waals surface area contributed by atoms with Gasteiger partial charge >= 0.3 is 5.97 Å². The van der Waals surface area contributed by atoms with Crippen molar-refractivity contribution >= 4 is 5.97 Å². The molecular formula is C29H36O13. The first-order valence-electron chi connectivity index (χ1n) is 13.5. The van der Waals surface area contributed by atoms with Gasteiger partial charge in [-0.05, 0) is 35.4 Å². The number of esters is 1. The normalized spacial score (nSPS) is 34.0. The number of aliphatic hydroxyl groups is 4. The third-order valence-electron chi connectivity index (χ3n) is 8.02. The second kappa shape index (κ2) is 12.2. The van der Waals surface area contributed by atoms with Gasteiger partial charge in [0.2, 0.25) is 6.29 Å². The van der Waals surface area contributed by atoms with Crippen molar-refractivity contribution in [2.24, 2.45) is 5.92 Å². The summed E-state index contributed by atoms with van der Waals surface area (Å²) in [5.41, 5.74) is 0.291. The van der Waals surface area contributed by atoms with Crippen LogP contribution in [0.25, 0.3) is 0 Å². The highest BCUT2D eigenvalue weighted by atomic mass is 16.7.